The zero-order valence-electron chi connectivity index (χ0n) is 13.0. The van der Waals surface area contributed by atoms with Crippen LogP contribution in [0, 0.1) is 5.92 Å². The predicted molar refractivity (Wildman–Crippen MR) is 79.2 cm³/mol. The highest BCUT2D eigenvalue weighted by atomic mass is 16.2. The van der Waals surface area contributed by atoms with E-state index in [0.29, 0.717) is 18.8 Å². The van der Waals surface area contributed by atoms with Crippen LogP contribution in [0.5, 0.6) is 0 Å². The Morgan fingerprint density at radius 2 is 1.85 bits per heavy atom. The summed E-state index contributed by atoms with van der Waals surface area (Å²) in [6.07, 6.45) is 7.16. The molecule has 1 saturated heterocycles. The molecule has 2 rings (SSSR count). The van der Waals surface area contributed by atoms with Crippen LogP contribution in [0.4, 0.5) is 0 Å². The first-order chi connectivity index (χ1) is 9.62. The van der Waals surface area contributed by atoms with Gasteiger partial charge in [-0.1, -0.05) is 40.0 Å². The molecule has 0 spiro atoms. The van der Waals surface area contributed by atoms with Gasteiger partial charge in [0.25, 0.3) is 0 Å². The molecule has 4 nitrogen and oxygen atoms in total. The summed E-state index contributed by atoms with van der Waals surface area (Å²) in [5.74, 6) is 0.891. The third-order valence-electron chi connectivity index (χ3n) is 5.03. The summed E-state index contributed by atoms with van der Waals surface area (Å²) in [6, 6.07) is -0.301. The van der Waals surface area contributed by atoms with Crippen LogP contribution >= 0.6 is 0 Å². The van der Waals surface area contributed by atoms with Crippen molar-refractivity contribution in [3.8, 4) is 0 Å². The molecule has 2 amide bonds. The maximum Gasteiger partial charge on any atom is 0.246 e. The molecule has 0 bridgehead atoms. The molecule has 2 fully saturated rings. The highest BCUT2D eigenvalue weighted by Crippen LogP contribution is 2.32. The van der Waals surface area contributed by atoms with Crippen molar-refractivity contribution in [2.75, 3.05) is 0 Å². The minimum atomic E-state index is -0.313. The summed E-state index contributed by atoms with van der Waals surface area (Å²) >= 11 is 0. The number of carbonyl (C=O) groups is 2. The van der Waals surface area contributed by atoms with E-state index in [9.17, 15) is 9.59 Å². The summed E-state index contributed by atoms with van der Waals surface area (Å²) in [5.41, 5.74) is 0. The number of hydrogen-bond donors (Lipinski definition) is 1. The SMILES string of the molecule is CCC1CCCC(N2C(=O)C(CC)NC(=O)C2CC)C1. The molecular weight excluding hydrogens is 252 g/mol. The second-order valence-electron chi connectivity index (χ2n) is 6.23. The second kappa shape index (κ2) is 6.59. The molecule has 4 heteroatoms. The summed E-state index contributed by atoms with van der Waals surface area (Å²) in [5, 5.41) is 2.88. The van der Waals surface area contributed by atoms with Crippen molar-refractivity contribution >= 4 is 11.8 Å². The molecule has 1 aliphatic carbocycles. The largest absolute Gasteiger partial charge is 0.343 e. The molecule has 1 aliphatic heterocycles. The third-order valence-corrected chi connectivity index (χ3v) is 5.03. The first-order valence-corrected chi connectivity index (χ1v) is 8.24. The zero-order chi connectivity index (χ0) is 14.7. The quantitative estimate of drug-likeness (QED) is 0.860. The molecule has 4 unspecified atom stereocenters. The average Bonchev–Trinajstić information content (AvgIpc) is 2.48. The van der Waals surface area contributed by atoms with E-state index < -0.39 is 0 Å². The Bertz CT molecular complexity index is 369. The van der Waals surface area contributed by atoms with Crippen LogP contribution in [-0.2, 0) is 9.59 Å². The first-order valence-electron chi connectivity index (χ1n) is 8.24. The summed E-state index contributed by atoms with van der Waals surface area (Å²) in [4.78, 5) is 26.9. The van der Waals surface area contributed by atoms with E-state index in [1.807, 2.05) is 18.7 Å². The van der Waals surface area contributed by atoms with Crippen molar-refractivity contribution in [1.29, 1.82) is 0 Å². The highest BCUT2D eigenvalue weighted by Gasteiger charge is 2.43. The van der Waals surface area contributed by atoms with E-state index in [-0.39, 0.29) is 29.9 Å². The number of carbonyl (C=O) groups excluding carboxylic acids is 2. The van der Waals surface area contributed by atoms with Crippen LogP contribution < -0.4 is 5.32 Å². The molecule has 1 N–H and O–H groups in total. The van der Waals surface area contributed by atoms with E-state index in [1.54, 1.807) is 0 Å². The number of amides is 2. The molecule has 20 heavy (non-hydrogen) atoms. The Hall–Kier alpha value is -1.06. The van der Waals surface area contributed by atoms with Gasteiger partial charge in [-0.05, 0) is 31.6 Å². The van der Waals surface area contributed by atoms with Crippen LogP contribution in [0.15, 0.2) is 0 Å². The van der Waals surface area contributed by atoms with Gasteiger partial charge >= 0.3 is 0 Å². The van der Waals surface area contributed by atoms with Gasteiger partial charge in [-0.2, -0.15) is 0 Å². The molecule has 2 aliphatic rings. The Labute approximate surface area is 122 Å². The smallest absolute Gasteiger partial charge is 0.246 e. The molecule has 0 aromatic heterocycles. The minimum Gasteiger partial charge on any atom is -0.343 e. The lowest BCUT2D eigenvalue weighted by molar-refractivity contribution is -0.153. The molecule has 1 heterocycles. The summed E-state index contributed by atoms with van der Waals surface area (Å²) in [6.45, 7) is 6.18. The van der Waals surface area contributed by atoms with E-state index in [4.69, 9.17) is 0 Å². The van der Waals surface area contributed by atoms with Crippen molar-refractivity contribution in [3.63, 3.8) is 0 Å². The number of nitrogens with zero attached hydrogens (tertiary/aromatic N) is 1. The zero-order valence-corrected chi connectivity index (χ0v) is 13.0. The van der Waals surface area contributed by atoms with Gasteiger partial charge in [-0.25, -0.2) is 0 Å². The summed E-state index contributed by atoms with van der Waals surface area (Å²) < 4.78 is 0. The molecule has 114 valence electrons. The Kier molecular flexibility index (Phi) is 5.06. The third kappa shape index (κ3) is 2.84. The monoisotopic (exact) mass is 280 g/mol. The Morgan fingerprint density at radius 3 is 2.45 bits per heavy atom. The first kappa shape index (κ1) is 15.3. The van der Waals surface area contributed by atoms with Gasteiger partial charge in [0.05, 0.1) is 0 Å². The molecule has 0 radical (unpaired) electrons. The fourth-order valence-corrected chi connectivity index (χ4v) is 3.77. The van der Waals surface area contributed by atoms with Crippen molar-refractivity contribution in [3.05, 3.63) is 0 Å². The van der Waals surface area contributed by atoms with Crippen molar-refractivity contribution in [2.24, 2.45) is 5.92 Å². The van der Waals surface area contributed by atoms with Gasteiger partial charge in [0, 0.05) is 6.04 Å². The average molecular weight is 280 g/mol. The van der Waals surface area contributed by atoms with Gasteiger partial charge in [0.2, 0.25) is 11.8 Å². The fourth-order valence-electron chi connectivity index (χ4n) is 3.77. The van der Waals surface area contributed by atoms with E-state index in [2.05, 4.69) is 12.2 Å². The van der Waals surface area contributed by atoms with Crippen LogP contribution in [0.3, 0.4) is 0 Å². The van der Waals surface area contributed by atoms with Crippen molar-refractivity contribution in [2.45, 2.75) is 83.8 Å². The minimum absolute atomic E-state index is 0.0394. The number of nitrogens with one attached hydrogen (secondary N) is 1. The van der Waals surface area contributed by atoms with Crippen LogP contribution in [0.1, 0.15) is 65.7 Å². The van der Waals surface area contributed by atoms with Gasteiger partial charge in [0.1, 0.15) is 12.1 Å². The molecular formula is C16H28N2O2. The number of rotatable bonds is 4. The molecule has 4 atom stereocenters. The normalized spacial score (nSPS) is 35.0. The van der Waals surface area contributed by atoms with Crippen LogP contribution in [0.25, 0.3) is 0 Å². The molecule has 1 saturated carbocycles. The van der Waals surface area contributed by atoms with Gasteiger partial charge < -0.3 is 10.2 Å². The maximum absolute atomic E-state index is 12.7. The van der Waals surface area contributed by atoms with Crippen molar-refractivity contribution < 1.29 is 9.59 Å². The van der Waals surface area contributed by atoms with E-state index >= 15 is 0 Å². The van der Waals surface area contributed by atoms with Gasteiger partial charge in [-0.3, -0.25) is 9.59 Å². The lowest BCUT2D eigenvalue weighted by Gasteiger charge is -2.45. The van der Waals surface area contributed by atoms with Gasteiger partial charge in [-0.15, -0.1) is 0 Å². The predicted octanol–water partition coefficient (Wildman–Crippen LogP) is 2.47. The molecule has 0 aromatic carbocycles. The second-order valence-corrected chi connectivity index (χ2v) is 6.23. The number of hydrogen-bond acceptors (Lipinski definition) is 2. The van der Waals surface area contributed by atoms with Gasteiger partial charge in [0.15, 0.2) is 0 Å². The Morgan fingerprint density at radius 1 is 1.10 bits per heavy atom. The standard InChI is InChI=1S/C16H28N2O2/c1-4-11-8-7-9-12(10-11)18-14(6-3)15(19)17-13(5-2)16(18)20/h11-14H,4-10H2,1-3H3,(H,17,19). The lowest BCUT2D eigenvalue weighted by atomic mass is 9.82. The van der Waals surface area contributed by atoms with Crippen molar-refractivity contribution in [1.82, 2.24) is 10.2 Å². The number of piperazine rings is 1. The van der Waals surface area contributed by atoms with E-state index in [1.165, 1.54) is 19.3 Å². The molecule has 0 aromatic rings. The Balaban J connectivity index is 2.19. The van der Waals surface area contributed by atoms with E-state index in [0.717, 1.165) is 12.8 Å². The lowest BCUT2D eigenvalue weighted by Crippen LogP contribution is -2.65. The van der Waals surface area contributed by atoms with Crippen LogP contribution in [-0.4, -0.2) is 34.8 Å². The highest BCUT2D eigenvalue weighted by molar-refractivity contribution is 5.97. The fraction of sp³-hybridized carbons (Fsp3) is 0.875. The topological polar surface area (TPSA) is 49.4 Å². The van der Waals surface area contributed by atoms with Crippen LogP contribution in [0.2, 0.25) is 0 Å². The maximum atomic E-state index is 12.7. The summed E-state index contributed by atoms with van der Waals surface area (Å²) in [7, 11) is 0.